The van der Waals surface area contributed by atoms with Crippen LogP contribution in [0.4, 0.5) is 0 Å². The molecule has 0 saturated heterocycles. The highest BCUT2D eigenvalue weighted by Gasteiger charge is 2.27. The molecule has 0 fully saturated rings. The second kappa shape index (κ2) is 8.89. The first-order valence-corrected chi connectivity index (χ1v) is 8.27. The second-order valence-corrected chi connectivity index (χ2v) is 6.08. The van der Waals surface area contributed by atoms with E-state index in [4.69, 9.17) is 14.5 Å². The summed E-state index contributed by atoms with van der Waals surface area (Å²) in [5.41, 5.74) is 8.76. The van der Waals surface area contributed by atoms with E-state index in [-0.39, 0.29) is 12.0 Å². The maximum atomic E-state index is 11.9. The minimum absolute atomic E-state index is 0.265. The van der Waals surface area contributed by atoms with Crippen LogP contribution < -0.4 is 0 Å². The summed E-state index contributed by atoms with van der Waals surface area (Å²) in [4.78, 5) is 25.0. The summed E-state index contributed by atoms with van der Waals surface area (Å²) in [5, 5.41) is 3.32. The minimum Gasteiger partial charge on any atom is -0.459 e. The first kappa shape index (κ1) is 18.6. The quantitative estimate of drug-likeness (QED) is 0.166. The number of carbonyl (C=O) groups is 2. The molecule has 10 heteroatoms. The van der Waals surface area contributed by atoms with Crippen molar-refractivity contribution in [2.45, 2.75) is 18.6 Å². The molecule has 0 saturated carbocycles. The number of nitrogens with zero attached hydrogens (tertiary/aromatic N) is 3. The van der Waals surface area contributed by atoms with E-state index in [1.807, 2.05) is 0 Å². The number of esters is 1. The molecule has 0 aliphatic rings. The SMILES string of the molecule is CS(=O)(=O)O[C@H](COC(=O)c1ccccc1)[C@H](CC=O)N=[N+]=[N-]. The Labute approximate surface area is 133 Å². The molecule has 0 aliphatic heterocycles. The topological polar surface area (TPSA) is 136 Å². The number of aldehydes is 1. The molecule has 0 unspecified atom stereocenters. The summed E-state index contributed by atoms with van der Waals surface area (Å²) < 4.78 is 32.3. The first-order chi connectivity index (χ1) is 10.9. The van der Waals surface area contributed by atoms with E-state index in [0.717, 1.165) is 6.26 Å². The van der Waals surface area contributed by atoms with Crippen molar-refractivity contribution in [1.29, 1.82) is 0 Å². The third-order valence-electron chi connectivity index (χ3n) is 2.65. The Morgan fingerprint density at radius 3 is 2.57 bits per heavy atom. The Morgan fingerprint density at radius 2 is 2.04 bits per heavy atom. The van der Waals surface area contributed by atoms with Gasteiger partial charge in [0.25, 0.3) is 10.1 Å². The van der Waals surface area contributed by atoms with Crippen LogP contribution in [-0.2, 0) is 23.8 Å². The van der Waals surface area contributed by atoms with E-state index in [1.54, 1.807) is 18.2 Å². The van der Waals surface area contributed by atoms with Gasteiger partial charge in [0.1, 0.15) is 19.0 Å². The van der Waals surface area contributed by atoms with Crippen LogP contribution in [0.25, 0.3) is 10.4 Å². The number of benzene rings is 1. The van der Waals surface area contributed by atoms with Crippen molar-refractivity contribution in [2.24, 2.45) is 5.11 Å². The number of azide groups is 1. The van der Waals surface area contributed by atoms with Crippen molar-refractivity contribution in [1.82, 2.24) is 0 Å². The van der Waals surface area contributed by atoms with Crippen molar-refractivity contribution < 1.29 is 26.9 Å². The molecule has 23 heavy (non-hydrogen) atoms. The van der Waals surface area contributed by atoms with Gasteiger partial charge in [-0.05, 0) is 17.7 Å². The van der Waals surface area contributed by atoms with Gasteiger partial charge >= 0.3 is 5.97 Å². The van der Waals surface area contributed by atoms with E-state index in [1.165, 1.54) is 12.1 Å². The van der Waals surface area contributed by atoms with Crippen molar-refractivity contribution >= 4 is 22.4 Å². The predicted octanol–water partition coefficient (Wildman–Crippen LogP) is 1.46. The number of carbonyl (C=O) groups excluding carboxylic acids is 2. The molecule has 2 atom stereocenters. The predicted molar refractivity (Wildman–Crippen MR) is 80.1 cm³/mol. The summed E-state index contributed by atoms with van der Waals surface area (Å²) in [6.07, 6.45) is -0.309. The highest BCUT2D eigenvalue weighted by Crippen LogP contribution is 2.13. The fourth-order valence-electron chi connectivity index (χ4n) is 1.68. The van der Waals surface area contributed by atoms with Gasteiger partial charge in [0, 0.05) is 11.3 Å². The third kappa shape index (κ3) is 6.92. The van der Waals surface area contributed by atoms with Crippen LogP contribution in [0.1, 0.15) is 16.8 Å². The smallest absolute Gasteiger partial charge is 0.338 e. The van der Waals surface area contributed by atoms with Crippen molar-refractivity contribution in [3.8, 4) is 0 Å². The normalized spacial score (nSPS) is 13.4. The molecule has 124 valence electrons. The second-order valence-electron chi connectivity index (χ2n) is 4.48. The highest BCUT2D eigenvalue weighted by molar-refractivity contribution is 7.86. The van der Waals surface area contributed by atoms with Gasteiger partial charge < -0.3 is 9.53 Å². The maximum absolute atomic E-state index is 11.9. The van der Waals surface area contributed by atoms with E-state index in [2.05, 4.69) is 10.0 Å². The fourth-order valence-corrected chi connectivity index (χ4v) is 2.31. The molecular weight excluding hydrogens is 326 g/mol. The summed E-state index contributed by atoms with van der Waals surface area (Å²) in [6, 6.07) is 6.91. The number of hydrogen-bond acceptors (Lipinski definition) is 7. The zero-order chi connectivity index (χ0) is 17.3. The van der Waals surface area contributed by atoms with Gasteiger partial charge in [0.2, 0.25) is 0 Å². The van der Waals surface area contributed by atoms with Crippen LogP contribution in [0.15, 0.2) is 35.4 Å². The Kier molecular flexibility index (Phi) is 7.20. The van der Waals surface area contributed by atoms with E-state index < -0.39 is 34.8 Å². The molecule has 0 N–H and O–H groups in total. The van der Waals surface area contributed by atoms with Crippen molar-refractivity contribution in [3.63, 3.8) is 0 Å². The van der Waals surface area contributed by atoms with Crippen LogP contribution >= 0.6 is 0 Å². The van der Waals surface area contributed by atoms with E-state index in [9.17, 15) is 18.0 Å². The van der Waals surface area contributed by atoms with Crippen LogP contribution in [0.5, 0.6) is 0 Å². The lowest BCUT2D eigenvalue weighted by Crippen LogP contribution is -2.35. The molecule has 1 aromatic rings. The zero-order valence-electron chi connectivity index (χ0n) is 12.2. The summed E-state index contributed by atoms with van der Waals surface area (Å²) in [7, 11) is -3.91. The van der Waals surface area contributed by atoms with E-state index >= 15 is 0 Å². The lowest BCUT2D eigenvalue weighted by Gasteiger charge is -2.20. The average Bonchev–Trinajstić information content (AvgIpc) is 2.50. The first-order valence-electron chi connectivity index (χ1n) is 6.45. The number of rotatable bonds is 9. The Morgan fingerprint density at radius 1 is 1.39 bits per heavy atom. The molecule has 0 amide bonds. The molecule has 0 heterocycles. The molecule has 9 nitrogen and oxygen atoms in total. The molecule has 1 rings (SSSR count). The largest absolute Gasteiger partial charge is 0.459 e. The fraction of sp³-hybridized carbons (Fsp3) is 0.385. The molecule has 1 aromatic carbocycles. The van der Waals surface area contributed by atoms with Gasteiger partial charge in [-0.25, -0.2) is 4.79 Å². The molecular formula is C13H15N3O6S. The lowest BCUT2D eigenvalue weighted by atomic mass is 10.1. The molecule has 0 aliphatic carbocycles. The summed E-state index contributed by atoms with van der Waals surface area (Å²) in [6.45, 7) is -0.488. The van der Waals surface area contributed by atoms with E-state index in [0.29, 0.717) is 6.29 Å². The van der Waals surface area contributed by atoms with Crippen LogP contribution in [-0.4, -0.2) is 45.7 Å². The van der Waals surface area contributed by atoms with Crippen molar-refractivity contribution in [3.05, 3.63) is 46.3 Å². The highest BCUT2D eigenvalue weighted by atomic mass is 32.2. The number of hydrogen-bond donors (Lipinski definition) is 0. The Balaban J connectivity index is 2.85. The molecule has 0 spiro atoms. The van der Waals surface area contributed by atoms with Crippen LogP contribution in [0, 0.1) is 0 Å². The van der Waals surface area contributed by atoms with Gasteiger partial charge in [-0.3, -0.25) is 4.18 Å². The minimum atomic E-state index is -3.91. The van der Waals surface area contributed by atoms with Gasteiger partial charge in [0.05, 0.1) is 17.9 Å². The van der Waals surface area contributed by atoms with Crippen LogP contribution in [0.2, 0.25) is 0 Å². The van der Waals surface area contributed by atoms with Gasteiger partial charge in [-0.2, -0.15) is 8.42 Å². The average molecular weight is 341 g/mol. The van der Waals surface area contributed by atoms with Crippen LogP contribution in [0.3, 0.4) is 0 Å². The van der Waals surface area contributed by atoms with Gasteiger partial charge in [0.15, 0.2) is 0 Å². The summed E-state index contributed by atoms with van der Waals surface area (Å²) in [5.74, 6) is -0.696. The Bertz CT molecular complexity index is 685. The lowest BCUT2D eigenvalue weighted by molar-refractivity contribution is -0.108. The molecule has 0 bridgehead atoms. The van der Waals surface area contributed by atoms with Gasteiger partial charge in [-0.1, -0.05) is 23.3 Å². The third-order valence-corrected chi connectivity index (χ3v) is 3.25. The monoisotopic (exact) mass is 341 g/mol. The van der Waals surface area contributed by atoms with Crippen molar-refractivity contribution in [2.75, 3.05) is 12.9 Å². The molecule has 0 aromatic heterocycles. The Hall–Kier alpha value is -2.42. The summed E-state index contributed by atoms with van der Waals surface area (Å²) >= 11 is 0. The number of ether oxygens (including phenoxy) is 1. The zero-order valence-corrected chi connectivity index (χ0v) is 13.0. The molecule has 0 radical (unpaired) electrons. The van der Waals surface area contributed by atoms with Gasteiger partial charge in [-0.15, -0.1) is 0 Å². The maximum Gasteiger partial charge on any atom is 0.338 e. The standard InChI is InChI=1S/C13H15N3O6S/c1-23(19,20)22-12(11(7-8-17)15-16-14)9-21-13(18)10-5-3-2-4-6-10/h2-6,8,11-12H,7,9H2,1H3/t11-,12+/m0/s1.